The summed E-state index contributed by atoms with van der Waals surface area (Å²) in [5.41, 5.74) is 1.96. The molecule has 0 aliphatic carbocycles. The van der Waals surface area contributed by atoms with Gasteiger partial charge in [-0.3, -0.25) is 4.79 Å². The Morgan fingerprint density at radius 1 is 1.26 bits per heavy atom. The molecule has 0 spiro atoms. The largest absolute Gasteiger partial charge is 0.494 e. The van der Waals surface area contributed by atoms with Crippen LogP contribution in [0.5, 0.6) is 5.75 Å². The van der Waals surface area contributed by atoms with Gasteiger partial charge in [-0.2, -0.15) is 0 Å². The zero-order valence-electron chi connectivity index (χ0n) is 11.3. The van der Waals surface area contributed by atoms with Crippen molar-refractivity contribution in [2.45, 2.75) is 19.8 Å². The molecule has 0 atom stereocenters. The minimum Gasteiger partial charge on any atom is -0.494 e. The molecule has 3 heteroatoms. The summed E-state index contributed by atoms with van der Waals surface area (Å²) in [6, 6.07) is 7.93. The highest BCUT2D eigenvalue weighted by Gasteiger charge is 2.36. The quantitative estimate of drug-likeness (QED) is 0.780. The fourth-order valence-corrected chi connectivity index (χ4v) is 2.89. The van der Waals surface area contributed by atoms with Crippen LogP contribution in [-0.4, -0.2) is 30.4 Å². The van der Waals surface area contributed by atoms with E-state index in [4.69, 9.17) is 4.74 Å². The summed E-state index contributed by atoms with van der Waals surface area (Å²) in [6.45, 7) is 4.70. The Balaban J connectivity index is 1.82. The predicted octanol–water partition coefficient (Wildman–Crippen LogP) is 2.72. The number of rotatable bonds is 3. The number of fused-ring (bicyclic) bond motifs is 3. The number of ketones is 1. The van der Waals surface area contributed by atoms with Crippen molar-refractivity contribution in [2.24, 2.45) is 5.92 Å². The standard InChI is InChI=1S/C16H19NO2/c1-2-19-14-5-3-12(4-6-14)11-15-16(18)13-7-9-17(15)10-8-13/h3-6,11,13H,2,7-10H2,1H3. The molecule has 2 bridgehead atoms. The third kappa shape index (κ3) is 2.37. The molecule has 4 rings (SSSR count). The van der Waals surface area contributed by atoms with Crippen LogP contribution in [0.1, 0.15) is 25.3 Å². The van der Waals surface area contributed by atoms with Crippen LogP contribution in [0.4, 0.5) is 0 Å². The van der Waals surface area contributed by atoms with Crippen molar-refractivity contribution < 1.29 is 9.53 Å². The van der Waals surface area contributed by atoms with Gasteiger partial charge in [0.05, 0.1) is 12.3 Å². The van der Waals surface area contributed by atoms with Gasteiger partial charge >= 0.3 is 0 Å². The number of hydrogen-bond acceptors (Lipinski definition) is 3. The number of nitrogens with zero attached hydrogens (tertiary/aromatic N) is 1. The van der Waals surface area contributed by atoms with Gasteiger partial charge in [-0.25, -0.2) is 0 Å². The van der Waals surface area contributed by atoms with E-state index in [2.05, 4.69) is 4.90 Å². The van der Waals surface area contributed by atoms with E-state index in [0.717, 1.165) is 42.9 Å². The van der Waals surface area contributed by atoms with Crippen molar-refractivity contribution >= 4 is 11.9 Å². The van der Waals surface area contributed by atoms with Crippen LogP contribution in [0.2, 0.25) is 0 Å². The van der Waals surface area contributed by atoms with Crippen LogP contribution >= 0.6 is 0 Å². The van der Waals surface area contributed by atoms with Crippen molar-refractivity contribution in [3.63, 3.8) is 0 Å². The minimum atomic E-state index is 0.263. The first kappa shape index (κ1) is 12.3. The van der Waals surface area contributed by atoms with Gasteiger partial charge in [-0.1, -0.05) is 12.1 Å². The summed E-state index contributed by atoms with van der Waals surface area (Å²) >= 11 is 0. The Labute approximate surface area is 113 Å². The summed E-state index contributed by atoms with van der Waals surface area (Å²) in [7, 11) is 0. The van der Waals surface area contributed by atoms with Crippen LogP contribution in [0.15, 0.2) is 30.0 Å². The summed E-state index contributed by atoms with van der Waals surface area (Å²) in [5, 5.41) is 0. The molecule has 3 fully saturated rings. The zero-order valence-corrected chi connectivity index (χ0v) is 11.3. The summed E-state index contributed by atoms with van der Waals surface area (Å²) < 4.78 is 5.42. The fraction of sp³-hybridized carbons (Fsp3) is 0.438. The molecule has 0 N–H and O–H groups in total. The minimum absolute atomic E-state index is 0.263. The lowest BCUT2D eigenvalue weighted by Crippen LogP contribution is -2.45. The predicted molar refractivity (Wildman–Crippen MR) is 74.9 cm³/mol. The molecule has 3 saturated heterocycles. The monoisotopic (exact) mass is 257 g/mol. The van der Waals surface area contributed by atoms with Gasteiger partial charge < -0.3 is 9.64 Å². The summed E-state index contributed by atoms with van der Waals surface area (Å²) in [6.07, 6.45) is 4.07. The molecule has 3 aliphatic heterocycles. The number of Topliss-reactive ketones (excluding diaryl/α,β-unsaturated/α-hetero) is 1. The highest BCUT2D eigenvalue weighted by atomic mass is 16.5. The first-order valence-electron chi connectivity index (χ1n) is 7.01. The van der Waals surface area contributed by atoms with E-state index in [-0.39, 0.29) is 5.92 Å². The zero-order chi connectivity index (χ0) is 13.2. The van der Waals surface area contributed by atoms with E-state index in [1.165, 1.54) is 0 Å². The topological polar surface area (TPSA) is 29.5 Å². The Morgan fingerprint density at radius 3 is 2.53 bits per heavy atom. The average molecular weight is 257 g/mol. The van der Waals surface area contributed by atoms with Gasteiger partial charge in [0.25, 0.3) is 0 Å². The molecule has 3 aliphatic rings. The van der Waals surface area contributed by atoms with E-state index in [0.29, 0.717) is 12.4 Å². The average Bonchev–Trinajstić information content (AvgIpc) is 2.45. The molecule has 3 heterocycles. The van der Waals surface area contributed by atoms with Gasteiger partial charge in [0.15, 0.2) is 5.78 Å². The molecule has 0 amide bonds. The highest BCUT2D eigenvalue weighted by Crippen LogP contribution is 2.32. The molecule has 19 heavy (non-hydrogen) atoms. The first-order chi connectivity index (χ1) is 9.28. The number of hydrogen-bond donors (Lipinski definition) is 0. The van der Waals surface area contributed by atoms with Crippen molar-refractivity contribution in [3.05, 3.63) is 35.5 Å². The van der Waals surface area contributed by atoms with Gasteiger partial charge in [0.1, 0.15) is 5.75 Å². The molecular formula is C16H19NO2. The fourth-order valence-electron chi connectivity index (χ4n) is 2.89. The van der Waals surface area contributed by atoms with E-state index >= 15 is 0 Å². The van der Waals surface area contributed by atoms with Crippen LogP contribution in [0.3, 0.4) is 0 Å². The van der Waals surface area contributed by atoms with Crippen LogP contribution < -0.4 is 4.74 Å². The number of carbonyl (C=O) groups is 1. The lowest BCUT2D eigenvalue weighted by atomic mass is 9.84. The Morgan fingerprint density at radius 2 is 1.95 bits per heavy atom. The maximum absolute atomic E-state index is 12.2. The van der Waals surface area contributed by atoms with Gasteiger partial charge in [0, 0.05) is 19.0 Å². The molecule has 1 aromatic rings. The first-order valence-corrected chi connectivity index (χ1v) is 7.01. The Hall–Kier alpha value is -1.77. The summed E-state index contributed by atoms with van der Waals surface area (Å²) in [4.78, 5) is 14.4. The molecular weight excluding hydrogens is 238 g/mol. The second kappa shape index (κ2) is 5.08. The van der Waals surface area contributed by atoms with E-state index < -0.39 is 0 Å². The lowest BCUT2D eigenvalue weighted by molar-refractivity contribution is -0.125. The van der Waals surface area contributed by atoms with E-state index in [9.17, 15) is 4.79 Å². The highest BCUT2D eigenvalue weighted by molar-refractivity contribution is 6.01. The van der Waals surface area contributed by atoms with Crippen LogP contribution in [0, 0.1) is 5.92 Å². The smallest absolute Gasteiger partial charge is 0.182 e. The molecule has 0 saturated carbocycles. The van der Waals surface area contributed by atoms with Gasteiger partial charge in [-0.05, 0) is 43.5 Å². The molecule has 1 aromatic carbocycles. The van der Waals surface area contributed by atoms with Crippen LogP contribution in [0.25, 0.3) is 6.08 Å². The number of benzene rings is 1. The molecule has 100 valence electrons. The number of allylic oxidation sites excluding steroid dienone is 1. The second-order valence-electron chi connectivity index (χ2n) is 5.16. The van der Waals surface area contributed by atoms with Crippen molar-refractivity contribution in [3.8, 4) is 5.75 Å². The summed E-state index contributed by atoms with van der Waals surface area (Å²) in [5.74, 6) is 1.46. The SMILES string of the molecule is CCOc1ccc(C=C2C(=O)C3CCN2CC3)cc1. The Bertz CT molecular complexity index is 496. The maximum Gasteiger partial charge on any atom is 0.182 e. The lowest BCUT2D eigenvalue weighted by Gasteiger charge is -2.41. The van der Waals surface area contributed by atoms with Gasteiger partial charge in [0.2, 0.25) is 0 Å². The number of piperidine rings is 3. The molecule has 0 unspecified atom stereocenters. The van der Waals surface area contributed by atoms with E-state index in [1.54, 1.807) is 0 Å². The van der Waals surface area contributed by atoms with Crippen molar-refractivity contribution in [1.29, 1.82) is 0 Å². The van der Waals surface area contributed by atoms with E-state index in [1.807, 2.05) is 37.3 Å². The molecule has 3 nitrogen and oxygen atoms in total. The third-order valence-corrected chi connectivity index (χ3v) is 3.95. The molecule has 0 aromatic heterocycles. The van der Waals surface area contributed by atoms with Crippen LogP contribution in [-0.2, 0) is 4.79 Å². The number of carbonyl (C=O) groups excluding carboxylic acids is 1. The van der Waals surface area contributed by atoms with Gasteiger partial charge in [-0.15, -0.1) is 0 Å². The second-order valence-corrected chi connectivity index (χ2v) is 5.16. The molecule has 0 radical (unpaired) electrons. The normalized spacial score (nSPS) is 21.2. The van der Waals surface area contributed by atoms with Crippen molar-refractivity contribution in [1.82, 2.24) is 4.90 Å². The maximum atomic E-state index is 12.2. The Kier molecular flexibility index (Phi) is 3.28. The third-order valence-electron chi connectivity index (χ3n) is 3.95. The van der Waals surface area contributed by atoms with Crippen molar-refractivity contribution in [2.75, 3.05) is 19.7 Å². The number of ether oxygens (including phenoxy) is 1.